The Kier molecular flexibility index (Phi) is 6.47. The topological polar surface area (TPSA) is 59.4 Å². The molecule has 0 bridgehead atoms. The van der Waals surface area contributed by atoms with Crippen LogP contribution >= 0.6 is 0 Å². The monoisotopic (exact) mass is 500 g/mol. The maximum atomic E-state index is 13.4. The minimum absolute atomic E-state index is 0.0316. The Balaban J connectivity index is 1.53. The Morgan fingerprint density at radius 2 is 1.75 bits per heavy atom. The SMILES string of the molecule is CCC(=O)N([C@H]1CCc2ccc3c(ccn3S(=O)(=O)c3ccc(C)cc3)c2C1)[C@@H](C)c1ccccc1. The molecule has 6 heteroatoms. The smallest absolute Gasteiger partial charge is 0.268 e. The summed E-state index contributed by atoms with van der Waals surface area (Å²) >= 11 is 0. The van der Waals surface area contributed by atoms with Gasteiger partial charge in [0.25, 0.3) is 10.0 Å². The zero-order valence-corrected chi connectivity index (χ0v) is 21.8. The number of aryl methyl sites for hydroxylation is 2. The molecule has 5 rings (SSSR count). The second-order valence-electron chi connectivity index (χ2n) is 9.70. The van der Waals surface area contributed by atoms with Crippen molar-refractivity contribution in [3.63, 3.8) is 0 Å². The van der Waals surface area contributed by atoms with E-state index < -0.39 is 10.0 Å². The summed E-state index contributed by atoms with van der Waals surface area (Å²) in [7, 11) is -3.71. The molecule has 5 nitrogen and oxygen atoms in total. The summed E-state index contributed by atoms with van der Waals surface area (Å²) in [5, 5.41) is 0.948. The van der Waals surface area contributed by atoms with Crippen molar-refractivity contribution < 1.29 is 13.2 Å². The summed E-state index contributed by atoms with van der Waals surface area (Å²) in [4.78, 5) is 15.5. The molecule has 2 atom stereocenters. The molecule has 0 aliphatic heterocycles. The second kappa shape index (κ2) is 9.58. The van der Waals surface area contributed by atoms with Crippen LogP contribution in [0.1, 0.15) is 55.0 Å². The minimum Gasteiger partial charge on any atom is -0.333 e. The molecular weight excluding hydrogens is 468 g/mol. The van der Waals surface area contributed by atoms with Gasteiger partial charge in [-0.05, 0) is 74.1 Å². The van der Waals surface area contributed by atoms with Gasteiger partial charge in [0.2, 0.25) is 5.91 Å². The third-order valence-corrected chi connectivity index (χ3v) is 9.20. The zero-order chi connectivity index (χ0) is 25.4. The molecule has 0 fully saturated rings. The average Bonchev–Trinajstić information content (AvgIpc) is 3.35. The van der Waals surface area contributed by atoms with Gasteiger partial charge in [0.1, 0.15) is 0 Å². The molecule has 0 radical (unpaired) electrons. The largest absolute Gasteiger partial charge is 0.333 e. The van der Waals surface area contributed by atoms with Gasteiger partial charge >= 0.3 is 0 Å². The molecule has 36 heavy (non-hydrogen) atoms. The van der Waals surface area contributed by atoms with E-state index in [2.05, 4.69) is 30.0 Å². The molecule has 0 unspecified atom stereocenters. The fourth-order valence-corrected chi connectivity index (χ4v) is 6.86. The minimum atomic E-state index is -3.71. The van der Waals surface area contributed by atoms with Crippen LogP contribution in [-0.4, -0.2) is 29.2 Å². The summed E-state index contributed by atoms with van der Waals surface area (Å²) in [6.07, 6.45) is 4.58. The van der Waals surface area contributed by atoms with E-state index in [4.69, 9.17) is 0 Å². The van der Waals surface area contributed by atoms with Crippen LogP contribution in [0.3, 0.4) is 0 Å². The number of amides is 1. The van der Waals surface area contributed by atoms with Crippen molar-refractivity contribution in [3.8, 4) is 0 Å². The summed E-state index contributed by atoms with van der Waals surface area (Å²) in [6, 6.07) is 23.0. The molecule has 1 aliphatic rings. The maximum absolute atomic E-state index is 13.4. The molecule has 1 aromatic heterocycles. The standard InChI is InChI=1S/C30H32N2O3S/c1-4-30(33)32(22(3)23-8-6-5-7-9-23)25-14-12-24-13-17-29-27(28(24)20-25)18-19-31(29)36(34,35)26-15-10-21(2)11-16-26/h5-11,13,15-19,22,25H,4,12,14,20H2,1-3H3/t22-,25-/m0/s1. The van der Waals surface area contributed by atoms with Gasteiger partial charge < -0.3 is 4.90 Å². The molecule has 0 saturated heterocycles. The highest BCUT2D eigenvalue weighted by molar-refractivity contribution is 7.90. The van der Waals surface area contributed by atoms with Gasteiger partial charge in [0.05, 0.1) is 16.5 Å². The van der Waals surface area contributed by atoms with Crippen molar-refractivity contribution >= 4 is 26.8 Å². The van der Waals surface area contributed by atoms with Crippen molar-refractivity contribution in [2.24, 2.45) is 0 Å². The summed E-state index contributed by atoms with van der Waals surface area (Å²) < 4.78 is 28.3. The van der Waals surface area contributed by atoms with Crippen LogP contribution in [0.2, 0.25) is 0 Å². The summed E-state index contributed by atoms with van der Waals surface area (Å²) in [5.41, 5.74) is 5.21. The van der Waals surface area contributed by atoms with Crippen molar-refractivity contribution in [1.82, 2.24) is 8.87 Å². The van der Waals surface area contributed by atoms with Gasteiger partial charge in [-0.3, -0.25) is 4.79 Å². The number of nitrogens with zero attached hydrogens (tertiary/aromatic N) is 2. The summed E-state index contributed by atoms with van der Waals surface area (Å²) in [5.74, 6) is 0.145. The third-order valence-electron chi connectivity index (χ3n) is 7.49. The highest BCUT2D eigenvalue weighted by atomic mass is 32.2. The van der Waals surface area contributed by atoms with Crippen molar-refractivity contribution in [1.29, 1.82) is 0 Å². The molecule has 4 aromatic rings. The van der Waals surface area contributed by atoms with E-state index in [1.807, 2.05) is 56.3 Å². The number of hydrogen-bond acceptors (Lipinski definition) is 3. The van der Waals surface area contributed by atoms with E-state index in [9.17, 15) is 13.2 Å². The number of carbonyl (C=O) groups excluding carboxylic acids is 1. The Bertz CT molecular complexity index is 1510. The van der Waals surface area contributed by atoms with E-state index in [1.54, 1.807) is 18.3 Å². The lowest BCUT2D eigenvalue weighted by Gasteiger charge is -2.39. The van der Waals surface area contributed by atoms with Gasteiger partial charge in [0, 0.05) is 24.0 Å². The predicted molar refractivity (Wildman–Crippen MR) is 144 cm³/mol. The van der Waals surface area contributed by atoms with E-state index >= 15 is 0 Å². The van der Waals surface area contributed by atoms with Crippen LogP contribution < -0.4 is 0 Å². The van der Waals surface area contributed by atoms with Gasteiger partial charge in [-0.1, -0.05) is 61.0 Å². The Morgan fingerprint density at radius 3 is 2.44 bits per heavy atom. The Labute approximate surface area is 213 Å². The van der Waals surface area contributed by atoms with Crippen LogP contribution in [0, 0.1) is 6.92 Å². The lowest BCUT2D eigenvalue weighted by Crippen LogP contribution is -2.44. The fraction of sp³-hybridized carbons (Fsp3) is 0.300. The van der Waals surface area contributed by atoms with E-state index in [0.717, 1.165) is 34.9 Å². The number of fused-ring (bicyclic) bond motifs is 3. The molecule has 0 spiro atoms. The molecular formula is C30H32N2O3S. The van der Waals surface area contributed by atoms with Gasteiger partial charge in [0.15, 0.2) is 0 Å². The van der Waals surface area contributed by atoms with Crippen LogP contribution in [0.4, 0.5) is 0 Å². The molecule has 1 heterocycles. The molecule has 3 aromatic carbocycles. The van der Waals surface area contributed by atoms with Crippen LogP contribution in [0.25, 0.3) is 10.9 Å². The predicted octanol–water partition coefficient (Wildman–Crippen LogP) is 6.04. The van der Waals surface area contributed by atoms with E-state index in [1.165, 1.54) is 9.54 Å². The first-order chi connectivity index (χ1) is 17.3. The lowest BCUT2D eigenvalue weighted by atomic mass is 9.84. The first kappa shape index (κ1) is 24.3. The van der Waals surface area contributed by atoms with Gasteiger partial charge in [-0.2, -0.15) is 0 Å². The molecule has 0 saturated carbocycles. The first-order valence-electron chi connectivity index (χ1n) is 12.6. The maximum Gasteiger partial charge on any atom is 0.268 e. The Hall–Kier alpha value is -3.38. The quantitative estimate of drug-likeness (QED) is 0.324. The van der Waals surface area contributed by atoms with Crippen molar-refractivity contribution in [3.05, 3.63) is 101 Å². The van der Waals surface area contributed by atoms with Crippen LogP contribution in [0.5, 0.6) is 0 Å². The van der Waals surface area contributed by atoms with E-state index in [-0.39, 0.29) is 22.9 Å². The number of carbonyl (C=O) groups is 1. The van der Waals surface area contributed by atoms with Crippen molar-refractivity contribution in [2.75, 3.05) is 0 Å². The number of hydrogen-bond donors (Lipinski definition) is 0. The molecule has 186 valence electrons. The summed E-state index contributed by atoms with van der Waals surface area (Å²) in [6.45, 7) is 5.96. The van der Waals surface area contributed by atoms with E-state index in [0.29, 0.717) is 18.4 Å². The second-order valence-corrected chi connectivity index (χ2v) is 11.5. The number of rotatable bonds is 6. The number of aromatic nitrogens is 1. The van der Waals surface area contributed by atoms with Crippen LogP contribution in [-0.2, 0) is 27.7 Å². The van der Waals surface area contributed by atoms with Gasteiger partial charge in [-0.15, -0.1) is 0 Å². The average molecular weight is 501 g/mol. The molecule has 1 aliphatic carbocycles. The Morgan fingerprint density at radius 1 is 1.03 bits per heavy atom. The lowest BCUT2D eigenvalue weighted by molar-refractivity contribution is -0.136. The molecule has 1 amide bonds. The normalized spacial score (nSPS) is 16.5. The number of benzene rings is 3. The highest BCUT2D eigenvalue weighted by Crippen LogP contribution is 2.35. The molecule has 0 N–H and O–H groups in total. The van der Waals surface area contributed by atoms with Gasteiger partial charge in [-0.25, -0.2) is 12.4 Å². The highest BCUT2D eigenvalue weighted by Gasteiger charge is 2.32. The van der Waals surface area contributed by atoms with Crippen molar-refractivity contribution in [2.45, 2.75) is 63.4 Å². The third kappa shape index (κ3) is 4.24. The fourth-order valence-electron chi connectivity index (χ4n) is 5.51. The van der Waals surface area contributed by atoms with Crippen LogP contribution in [0.15, 0.2) is 83.9 Å². The zero-order valence-electron chi connectivity index (χ0n) is 21.0. The first-order valence-corrected chi connectivity index (χ1v) is 14.1.